The maximum atomic E-state index is 11.9. The van der Waals surface area contributed by atoms with Gasteiger partial charge in [-0.05, 0) is 20.3 Å². The first-order valence-electron chi connectivity index (χ1n) is 7.08. The van der Waals surface area contributed by atoms with Gasteiger partial charge in [0, 0.05) is 13.5 Å². The van der Waals surface area contributed by atoms with Crippen LogP contribution < -0.4 is 10.1 Å². The molecule has 1 amide bonds. The maximum Gasteiger partial charge on any atom is 0.220 e. The first-order chi connectivity index (χ1) is 9.83. The van der Waals surface area contributed by atoms with Gasteiger partial charge < -0.3 is 19.9 Å². The molecule has 2 rings (SSSR count). The smallest absolute Gasteiger partial charge is 0.220 e. The molecule has 2 N–H and O–H groups in total. The lowest BCUT2D eigenvalue weighted by Crippen LogP contribution is -2.45. The van der Waals surface area contributed by atoms with Crippen molar-refractivity contribution in [2.45, 2.75) is 44.4 Å². The van der Waals surface area contributed by atoms with Gasteiger partial charge in [0.15, 0.2) is 5.75 Å². The fourth-order valence-corrected chi connectivity index (χ4v) is 2.12. The number of amides is 1. The van der Waals surface area contributed by atoms with E-state index < -0.39 is 5.60 Å². The Kier molecular flexibility index (Phi) is 4.84. The topological polar surface area (TPSA) is 85.6 Å². The second-order valence-corrected chi connectivity index (χ2v) is 6.03. The van der Waals surface area contributed by atoms with Crippen LogP contribution >= 0.6 is 0 Å². The number of hydrogen-bond acceptors (Lipinski definition) is 5. The van der Waals surface area contributed by atoms with E-state index in [4.69, 9.17) is 9.47 Å². The van der Waals surface area contributed by atoms with Gasteiger partial charge in [0.05, 0.1) is 37.3 Å². The zero-order valence-corrected chi connectivity index (χ0v) is 12.7. The fraction of sp³-hybridized carbons (Fsp3) is 0.714. The number of nitrogens with zero attached hydrogens (tertiary/aromatic N) is 2. The van der Waals surface area contributed by atoms with Crippen molar-refractivity contribution in [3.8, 4) is 5.75 Å². The predicted molar refractivity (Wildman–Crippen MR) is 75.9 cm³/mol. The highest BCUT2D eigenvalue weighted by Gasteiger charge is 2.31. The Bertz CT molecular complexity index is 481. The van der Waals surface area contributed by atoms with Crippen LogP contribution in [0.25, 0.3) is 0 Å². The van der Waals surface area contributed by atoms with Crippen molar-refractivity contribution in [1.29, 1.82) is 0 Å². The summed E-state index contributed by atoms with van der Waals surface area (Å²) < 4.78 is 12.8. The summed E-state index contributed by atoms with van der Waals surface area (Å²) >= 11 is 0. The number of nitrogens with one attached hydrogen (secondary N) is 1. The molecular formula is C14H23N3O4. The second kappa shape index (κ2) is 6.44. The minimum Gasteiger partial charge on any atom is -0.482 e. The number of carbonyl (C=O) groups is 1. The molecule has 0 bridgehead atoms. The third-order valence-electron chi connectivity index (χ3n) is 3.31. The molecule has 1 aromatic heterocycles. The molecule has 0 spiro atoms. The summed E-state index contributed by atoms with van der Waals surface area (Å²) in [7, 11) is 1.81. The average molecular weight is 297 g/mol. The van der Waals surface area contributed by atoms with Crippen molar-refractivity contribution in [1.82, 2.24) is 15.1 Å². The summed E-state index contributed by atoms with van der Waals surface area (Å²) in [4.78, 5) is 11.9. The maximum absolute atomic E-state index is 11.9. The minimum absolute atomic E-state index is 0.104. The molecule has 0 saturated carbocycles. The van der Waals surface area contributed by atoms with Gasteiger partial charge in [0.2, 0.25) is 5.91 Å². The Morgan fingerprint density at radius 1 is 1.62 bits per heavy atom. The Labute approximate surface area is 124 Å². The Balaban J connectivity index is 1.83. The van der Waals surface area contributed by atoms with Crippen molar-refractivity contribution >= 4 is 5.91 Å². The number of aromatic nitrogens is 2. The standard InChI is InChI=1S/C14H23N3O4/c1-14(2,19)5-4-13(18)16-11-8-20-9-12(11)21-10-6-15-17(3)7-10/h6-7,11-12,19H,4-5,8-9H2,1-3H3,(H,16,18)/t11-,12+/m0/s1. The quantitative estimate of drug-likeness (QED) is 0.785. The third kappa shape index (κ3) is 5.02. The van der Waals surface area contributed by atoms with Crippen molar-refractivity contribution in [2.75, 3.05) is 13.2 Å². The number of aryl methyl sites for hydroxylation is 1. The van der Waals surface area contributed by atoms with E-state index in [0.29, 0.717) is 25.4 Å². The highest BCUT2D eigenvalue weighted by Crippen LogP contribution is 2.17. The van der Waals surface area contributed by atoms with Crippen LogP contribution in [0.5, 0.6) is 5.75 Å². The number of rotatable bonds is 6. The molecule has 0 unspecified atom stereocenters. The van der Waals surface area contributed by atoms with E-state index >= 15 is 0 Å². The van der Waals surface area contributed by atoms with Crippen LogP contribution in [0.2, 0.25) is 0 Å². The van der Waals surface area contributed by atoms with E-state index in [1.165, 1.54) is 0 Å². The van der Waals surface area contributed by atoms with Crippen molar-refractivity contribution in [2.24, 2.45) is 7.05 Å². The van der Waals surface area contributed by atoms with Crippen LogP contribution in [0, 0.1) is 0 Å². The third-order valence-corrected chi connectivity index (χ3v) is 3.31. The van der Waals surface area contributed by atoms with E-state index in [1.807, 2.05) is 7.05 Å². The number of carbonyl (C=O) groups excluding carboxylic acids is 1. The van der Waals surface area contributed by atoms with Gasteiger partial charge >= 0.3 is 0 Å². The summed E-state index contributed by atoms with van der Waals surface area (Å²) in [5, 5.41) is 16.6. The second-order valence-electron chi connectivity index (χ2n) is 6.03. The highest BCUT2D eigenvalue weighted by atomic mass is 16.5. The molecule has 7 nitrogen and oxygen atoms in total. The van der Waals surface area contributed by atoms with Crippen LogP contribution in [0.4, 0.5) is 0 Å². The molecule has 0 aliphatic carbocycles. The normalized spacial score (nSPS) is 22.3. The Morgan fingerprint density at radius 3 is 3.00 bits per heavy atom. The van der Waals surface area contributed by atoms with Crippen LogP contribution in [0.1, 0.15) is 26.7 Å². The lowest BCUT2D eigenvalue weighted by atomic mass is 10.0. The number of hydrogen-bond donors (Lipinski definition) is 2. The molecule has 7 heteroatoms. The van der Waals surface area contributed by atoms with E-state index in [-0.39, 0.29) is 24.5 Å². The number of aliphatic hydroxyl groups is 1. The molecule has 0 aromatic carbocycles. The molecule has 21 heavy (non-hydrogen) atoms. The molecule has 1 saturated heterocycles. The van der Waals surface area contributed by atoms with Gasteiger partial charge in [-0.25, -0.2) is 0 Å². The summed E-state index contributed by atoms with van der Waals surface area (Å²) in [6.07, 6.45) is 3.87. The summed E-state index contributed by atoms with van der Waals surface area (Å²) in [5.74, 6) is 0.552. The van der Waals surface area contributed by atoms with Gasteiger partial charge in [0.25, 0.3) is 0 Å². The van der Waals surface area contributed by atoms with Gasteiger partial charge in [-0.3, -0.25) is 9.48 Å². The lowest BCUT2D eigenvalue weighted by molar-refractivity contribution is -0.123. The van der Waals surface area contributed by atoms with Gasteiger partial charge in [-0.1, -0.05) is 0 Å². The molecular weight excluding hydrogens is 274 g/mol. The SMILES string of the molecule is Cn1cc(O[C@@H]2COC[C@@H]2NC(=O)CCC(C)(C)O)cn1. The Morgan fingerprint density at radius 2 is 2.38 bits per heavy atom. The van der Waals surface area contributed by atoms with Gasteiger partial charge in [0.1, 0.15) is 6.10 Å². The first-order valence-corrected chi connectivity index (χ1v) is 7.08. The van der Waals surface area contributed by atoms with E-state index in [9.17, 15) is 9.90 Å². The van der Waals surface area contributed by atoms with E-state index in [0.717, 1.165) is 0 Å². The van der Waals surface area contributed by atoms with Gasteiger partial charge in [-0.2, -0.15) is 5.10 Å². The molecule has 2 heterocycles. The van der Waals surface area contributed by atoms with Crippen LogP contribution in [-0.4, -0.2) is 51.8 Å². The zero-order valence-electron chi connectivity index (χ0n) is 12.7. The molecule has 1 aromatic rings. The highest BCUT2D eigenvalue weighted by molar-refractivity contribution is 5.76. The largest absolute Gasteiger partial charge is 0.482 e. The summed E-state index contributed by atoms with van der Waals surface area (Å²) in [6.45, 7) is 4.24. The monoisotopic (exact) mass is 297 g/mol. The Hall–Kier alpha value is -1.60. The van der Waals surface area contributed by atoms with Crippen LogP contribution in [0.3, 0.4) is 0 Å². The summed E-state index contributed by atoms with van der Waals surface area (Å²) in [6, 6.07) is -0.181. The average Bonchev–Trinajstić information content (AvgIpc) is 2.97. The van der Waals surface area contributed by atoms with Crippen molar-refractivity contribution in [3.05, 3.63) is 12.4 Å². The molecule has 2 atom stereocenters. The van der Waals surface area contributed by atoms with E-state index in [1.54, 1.807) is 30.9 Å². The first kappa shape index (κ1) is 15.8. The molecule has 1 aliphatic heterocycles. The van der Waals surface area contributed by atoms with Crippen molar-refractivity contribution in [3.63, 3.8) is 0 Å². The van der Waals surface area contributed by atoms with Crippen molar-refractivity contribution < 1.29 is 19.4 Å². The predicted octanol–water partition coefficient (Wildman–Crippen LogP) is 0.234. The molecule has 0 radical (unpaired) electrons. The molecule has 118 valence electrons. The van der Waals surface area contributed by atoms with Gasteiger partial charge in [-0.15, -0.1) is 0 Å². The number of ether oxygens (including phenoxy) is 2. The summed E-state index contributed by atoms with van der Waals surface area (Å²) in [5.41, 5.74) is -0.838. The van der Waals surface area contributed by atoms with Crippen LogP contribution in [0.15, 0.2) is 12.4 Å². The lowest BCUT2D eigenvalue weighted by Gasteiger charge is -2.21. The van der Waals surface area contributed by atoms with E-state index in [2.05, 4.69) is 10.4 Å². The minimum atomic E-state index is -0.838. The van der Waals surface area contributed by atoms with Crippen LogP contribution in [-0.2, 0) is 16.6 Å². The molecule has 1 fully saturated rings. The fourth-order valence-electron chi connectivity index (χ4n) is 2.12. The zero-order chi connectivity index (χ0) is 15.5. The molecule has 1 aliphatic rings.